The van der Waals surface area contributed by atoms with Gasteiger partial charge in [-0.3, -0.25) is 0 Å². The van der Waals surface area contributed by atoms with Gasteiger partial charge in [0.2, 0.25) is 0 Å². The van der Waals surface area contributed by atoms with Crippen molar-refractivity contribution < 1.29 is 9.47 Å². The zero-order valence-corrected chi connectivity index (χ0v) is 12.2. The average Bonchev–Trinajstić information content (AvgIpc) is 2.32. The van der Waals surface area contributed by atoms with Crippen molar-refractivity contribution >= 4 is 0 Å². The normalized spacial score (nSPS) is 14.8. The van der Waals surface area contributed by atoms with Gasteiger partial charge >= 0.3 is 0 Å². The van der Waals surface area contributed by atoms with Crippen LogP contribution in [0.4, 0.5) is 0 Å². The monoisotopic (exact) mass is 245 g/mol. The Balaban J connectivity index is 3.68. The Labute approximate surface area is 107 Å². The Morgan fingerprint density at radius 3 is 2.41 bits per heavy atom. The van der Waals surface area contributed by atoms with E-state index in [1.807, 2.05) is 0 Å². The van der Waals surface area contributed by atoms with Crippen molar-refractivity contribution in [1.82, 2.24) is 5.32 Å². The van der Waals surface area contributed by atoms with Gasteiger partial charge in [-0.1, -0.05) is 27.2 Å². The molecular weight excluding hydrogens is 214 g/mol. The highest BCUT2D eigenvalue weighted by molar-refractivity contribution is 4.76. The van der Waals surface area contributed by atoms with Crippen LogP contribution in [-0.4, -0.2) is 40.0 Å². The molecule has 3 nitrogen and oxygen atoms in total. The van der Waals surface area contributed by atoms with Crippen molar-refractivity contribution in [2.24, 2.45) is 5.41 Å². The SMILES string of the molecule is CCCC(C)(CCOCCCOC)CNCC. The third-order valence-corrected chi connectivity index (χ3v) is 3.14. The molecule has 0 aliphatic rings. The minimum Gasteiger partial charge on any atom is -0.385 e. The summed E-state index contributed by atoms with van der Waals surface area (Å²) < 4.78 is 10.6. The molecule has 0 saturated carbocycles. The molecular formula is C14H31NO2. The fourth-order valence-electron chi connectivity index (χ4n) is 2.06. The second kappa shape index (κ2) is 11.0. The molecule has 0 aliphatic heterocycles. The van der Waals surface area contributed by atoms with Crippen LogP contribution in [0, 0.1) is 5.41 Å². The number of nitrogens with one attached hydrogen (secondary N) is 1. The van der Waals surface area contributed by atoms with E-state index in [0.717, 1.165) is 45.8 Å². The lowest BCUT2D eigenvalue weighted by Crippen LogP contribution is -2.33. The van der Waals surface area contributed by atoms with E-state index in [9.17, 15) is 0 Å². The maximum Gasteiger partial charge on any atom is 0.0487 e. The lowest BCUT2D eigenvalue weighted by molar-refractivity contribution is 0.0770. The van der Waals surface area contributed by atoms with Gasteiger partial charge in [-0.25, -0.2) is 0 Å². The summed E-state index contributed by atoms with van der Waals surface area (Å²) in [5, 5.41) is 3.46. The fraction of sp³-hybridized carbons (Fsp3) is 1.00. The highest BCUT2D eigenvalue weighted by Crippen LogP contribution is 2.26. The number of methoxy groups -OCH3 is 1. The van der Waals surface area contributed by atoms with E-state index in [2.05, 4.69) is 26.1 Å². The zero-order chi connectivity index (χ0) is 13.0. The minimum absolute atomic E-state index is 0.381. The summed E-state index contributed by atoms with van der Waals surface area (Å²) in [5.41, 5.74) is 0.381. The molecule has 17 heavy (non-hydrogen) atoms. The van der Waals surface area contributed by atoms with Crippen LogP contribution in [0.25, 0.3) is 0 Å². The molecule has 0 heterocycles. The van der Waals surface area contributed by atoms with Gasteiger partial charge < -0.3 is 14.8 Å². The standard InChI is InChI=1S/C14H31NO2/c1-5-8-14(3,13-15-6-2)9-12-17-11-7-10-16-4/h15H,5-13H2,1-4H3. The molecule has 1 atom stereocenters. The first-order chi connectivity index (χ1) is 8.18. The van der Waals surface area contributed by atoms with Crippen molar-refractivity contribution in [3.05, 3.63) is 0 Å². The van der Waals surface area contributed by atoms with E-state index >= 15 is 0 Å². The van der Waals surface area contributed by atoms with Crippen LogP contribution in [0.15, 0.2) is 0 Å². The van der Waals surface area contributed by atoms with Crippen LogP contribution >= 0.6 is 0 Å². The van der Waals surface area contributed by atoms with E-state index in [4.69, 9.17) is 9.47 Å². The first-order valence-electron chi connectivity index (χ1n) is 6.96. The van der Waals surface area contributed by atoms with Crippen molar-refractivity contribution in [2.75, 3.05) is 40.0 Å². The van der Waals surface area contributed by atoms with Crippen LogP contribution in [0.1, 0.15) is 46.5 Å². The van der Waals surface area contributed by atoms with Crippen molar-refractivity contribution in [1.29, 1.82) is 0 Å². The van der Waals surface area contributed by atoms with Gasteiger partial charge in [-0.2, -0.15) is 0 Å². The van der Waals surface area contributed by atoms with E-state index in [-0.39, 0.29) is 0 Å². The van der Waals surface area contributed by atoms with Crippen LogP contribution in [0.3, 0.4) is 0 Å². The first-order valence-corrected chi connectivity index (χ1v) is 6.96. The van der Waals surface area contributed by atoms with E-state index in [1.165, 1.54) is 12.8 Å². The summed E-state index contributed by atoms with van der Waals surface area (Å²) in [6, 6.07) is 0. The molecule has 0 spiro atoms. The van der Waals surface area contributed by atoms with Gasteiger partial charge in [0.15, 0.2) is 0 Å². The molecule has 3 heteroatoms. The van der Waals surface area contributed by atoms with Crippen LogP contribution in [0.5, 0.6) is 0 Å². The van der Waals surface area contributed by atoms with E-state index in [0.29, 0.717) is 5.41 Å². The van der Waals surface area contributed by atoms with Crippen LogP contribution < -0.4 is 5.32 Å². The maximum atomic E-state index is 5.65. The van der Waals surface area contributed by atoms with Crippen molar-refractivity contribution in [2.45, 2.75) is 46.5 Å². The second-order valence-electron chi connectivity index (χ2n) is 5.05. The summed E-state index contributed by atoms with van der Waals surface area (Å²) in [6.07, 6.45) is 4.64. The summed E-state index contributed by atoms with van der Waals surface area (Å²) in [6.45, 7) is 11.4. The lowest BCUT2D eigenvalue weighted by atomic mass is 9.82. The number of hydrogen-bond acceptors (Lipinski definition) is 3. The molecule has 0 aromatic carbocycles. The molecule has 104 valence electrons. The van der Waals surface area contributed by atoms with Gasteiger partial charge in [0.05, 0.1) is 0 Å². The quantitative estimate of drug-likeness (QED) is 0.536. The fourth-order valence-corrected chi connectivity index (χ4v) is 2.06. The van der Waals surface area contributed by atoms with Gasteiger partial charge in [-0.15, -0.1) is 0 Å². The predicted molar refractivity (Wildman–Crippen MR) is 73.5 cm³/mol. The Morgan fingerprint density at radius 2 is 1.82 bits per heavy atom. The molecule has 0 saturated heterocycles. The van der Waals surface area contributed by atoms with Gasteiger partial charge in [0, 0.05) is 33.5 Å². The molecule has 0 fully saturated rings. The molecule has 0 aromatic rings. The zero-order valence-electron chi connectivity index (χ0n) is 12.2. The highest BCUT2D eigenvalue weighted by Gasteiger charge is 2.22. The molecule has 0 aromatic heterocycles. The minimum atomic E-state index is 0.381. The number of ether oxygens (including phenoxy) is 2. The van der Waals surface area contributed by atoms with Gasteiger partial charge in [0.25, 0.3) is 0 Å². The smallest absolute Gasteiger partial charge is 0.0487 e. The predicted octanol–water partition coefficient (Wildman–Crippen LogP) is 2.85. The molecule has 1 unspecified atom stereocenters. The maximum absolute atomic E-state index is 5.65. The molecule has 1 N–H and O–H groups in total. The molecule has 0 aliphatic carbocycles. The molecule has 0 radical (unpaired) electrons. The topological polar surface area (TPSA) is 30.5 Å². The lowest BCUT2D eigenvalue weighted by Gasteiger charge is -2.29. The van der Waals surface area contributed by atoms with Crippen LogP contribution in [-0.2, 0) is 9.47 Å². The van der Waals surface area contributed by atoms with Gasteiger partial charge in [-0.05, 0) is 31.2 Å². The van der Waals surface area contributed by atoms with Gasteiger partial charge in [0.1, 0.15) is 0 Å². The third kappa shape index (κ3) is 9.57. The van der Waals surface area contributed by atoms with E-state index < -0.39 is 0 Å². The second-order valence-corrected chi connectivity index (χ2v) is 5.05. The summed E-state index contributed by atoms with van der Waals surface area (Å²) in [4.78, 5) is 0. The largest absolute Gasteiger partial charge is 0.385 e. The summed E-state index contributed by atoms with van der Waals surface area (Å²) >= 11 is 0. The molecule has 0 rings (SSSR count). The van der Waals surface area contributed by atoms with Crippen molar-refractivity contribution in [3.8, 4) is 0 Å². The number of hydrogen-bond donors (Lipinski definition) is 1. The third-order valence-electron chi connectivity index (χ3n) is 3.14. The first kappa shape index (κ1) is 16.9. The molecule has 0 amide bonds. The summed E-state index contributed by atoms with van der Waals surface area (Å²) in [5.74, 6) is 0. The Kier molecular flexibility index (Phi) is 10.9. The van der Waals surface area contributed by atoms with Crippen LogP contribution in [0.2, 0.25) is 0 Å². The Hall–Kier alpha value is -0.120. The Morgan fingerprint density at radius 1 is 1.06 bits per heavy atom. The van der Waals surface area contributed by atoms with E-state index in [1.54, 1.807) is 7.11 Å². The average molecular weight is 245 g/mol. The number of rotatable bonds is 12. The Bertz CT molecular complexity index is 164. The van der Waals surface area contributed by atoms with Crippen molar-refractivity contribution in [3.63, 3.8) is 0 Å². The summed E-state index contributed by atoms with van der Waals surface area (Å²) in [7, 11) is 1.73. The highest BCUT2D eigenvalue weighted by atomic mass is 16.5. The molecule has 0 bridgehead atoms.